The van der Waals surface area contributed by atoms with Gasteiger partial charge in [-0.15, -0.1) is 6.58 Å². The monoisotopic (exact) mass is 690 g/mol. The maximum Gasteiger partial charge on any atom is 0.333 e. The molecule has 5 rings (SSSR count). The molecule has 1 aliphatic carbocycles. The number of hydrogen-bond acceptors (Lipinski definition) is 17. The quantitative estimate of drug-likeness (QED) is 0.0418. The molecule has 0 amide bonds. The van der Waals surface area contributed by atoms with Crippen molar-refractivity contribution in [3.63, 3.8) is 0 Å². The molecule has 4 aliphatic heterocycles. The minimum Gasteiger partial charge on any atom is -0.472 e. The van der Waals surface area contributed by atoms with Gasteiger partial charge in [-0.25, -0.2) is 4.79 Å². The molecule has 17 nitrogen and oxygen atoms in total. The van der Waals surface area contributed by atoms with Crippen molar-refractivity contribution in [3.05, 3.63) is 36.6 Å². The minimum absolute atomic E-state index is 0.247. The minimum atomic E-state index is -1.85. The number of carbonyl (C=O) groups is 1. The van der Waals surface area contributed by atoms with Gasteiger partial charge in [0.2, 0.25) is 6.29 Å². The maximum atomic E-state index is 13.0. The van der Waals surface area contributed by atoms with E-state index in [1.807, 2.05) is 0 Å². The second kappa shape index (κ2) is 13.9. The Kier molecular flexibility index (Phi) is 10.8. The number of esters is 1. The fourth-order valence-corrected chi connectivity index (χ4v) is 6.66. The van der Waals surface area contributed by atoms with E-state index in [2.05, 4.69) is 6.58 Å². The van der Waals surface area contributed by atoms with Gasteiger partial charge in [-0.3, -0.25) is 0 Å². The normalized spacial score (nSPS) is 48.1. The van der Waals surface area contributed by atoms with E-state index in [-0.39, 0.29) is 5.57 Å². The first-order chi connectivity index (χ1) is 22.5. The zero-order chi connectivity index (χ0) is 35.3. The van der Waals surface area contributed by atoms with Crippen LogP contribution in [0.25, 0.3) is 0 Å². The van der Waals surface area contributed by atoms with E-state index in [0.717, 1.165) is 6.26 Å². The van der Waals surface area contributed by atoms with Gasteiger partial charge in [0.25, 0.3) is 0 Å². The lowest BCUT2D eigenvalue weighted by atomic mass is 9.82. The molecule has 0 aromatic carbocycles. The van der Waals surface area contributed by atoms with Gasteiger partial charge >= 0.3 is 5.97 Å². The summed E-state index contributed by atoms with van der Waals surface area (Å²) in [7, 11) is 0. The summed E-state index contributed by atoms with van der Waals surface area (Å²) < 4.78 is 39.7. The van der Waals surface area contributed by atoms with Crippen molar-refractivity contribution >= 4 is 5.97 Å². The molecular weight excluding hydrogens is 644 g/mol. The molecular formula is C31H46O17. The van der Waals surface area contributed by atoms with Crippen molar-refractivity contribution in [2.45, 2.75) is 130 Å². The predicted molar refractivity (Wildman–Crippen MR) is 157 cm³/mol. The topological polar surface area (TPSA) is 267 Å². The molecule has 5 aliphatic rings. The first-order valence-corrected chi connectivity index (χ1v) is 15.7. The van der Waals surface area contributed by atoms with E-state index in [1.54, 1.807) is 26.8 Å². The highest BCUT2D eigenvalue weighted by molar-refractivity contribution is 5.88. The molecule has 0 radical (unpaired) electrons. The number of fused-ring (bicyclic) bond motifs is 3. The Labute approximate surface area is 276 Å². The van der Waals surface area contributed by atoms with Gasteiger partial charge in [-0.05, 0) is 39.7 Å². The molecule has 1 saturated carbocycles. The van der Waals surface area contributed by atoms with Crippen molar-refractivity contribution in [3.8, 4) is 0 Å². The fourth-order valence-electron chi connectivity index (χ4n) is 6.66. The molecule has 17 atom stereocenters. The average molecular weight is 691 g/mol. The highest BCUT2D eigenvalue weighted by Crippen LogP contribution is 2.62. The molecule has 272 valence electrons. The third kappa shape index (κ3) is 6.82. The van der Waals surface area contributed by atoms with Gasteiger partial charge < -0.3 is 79.1 Å². The van der Waals surface area contributed by atoms with Crippen LogP contribution in [-0.4, -0.2) is 162 Å². The van der Waals surface area contributed by atoms with Crippen LogP contribution >= 0.6 is 0 Å². The molecule has 17 unspecified atom stereocenters. The summed E-state index contributed by atoms with van der Waals surface area (Å²) in [4.78, 5) is 13.0. The van der Waals surface area contributed by atoms with Crippen LogP contribution in [0.2, 0.25) is 0 Å². The molecule has 0 bridgehead atoms. The fraction of sp³-hybridized carbons (Fsp3) is 0.774. The van der Waals surface area contributed by atoms with Crippen LogP contribution in [0, 0.1) is 5.92 Å². The predicted octanol–water partition coefficient (Wildman–Crippen LogP) is -3.41. The van der Waals surface area contributed by atoms with Crippen LogP contribution in [0.3, 0.4) is 0 Å². The number of hydrogen-bond donors (Lipinski definition) is 9. The lowest BCUT2D eigenvalue weighted by Crippen LogP contribution is -2.63. The standard InChI is InChI=1S/C31H46O17/c1-5-29(3,40)8-6-7-13(2)25(39)46-24-23-30(4,48-23)22-28(42-10-9-31(22,24)41)47-27-21(38)19(36)17(34)15(45-27)12-43-26-20(37)18(35)16(33)14(11-32)44-26/h5,7,9-10,14-24,26-28,32-38,40-41H,1,6,8,11-12H2,2-4H3/b13-7+. The van der Waals surface area contributed by atoms with E-state index in [0.29, 0.717) is 12.8 Å². The molecule has 17 heteroatoms. The van der Waals surface area contributed by atoms with Crippen LogP contribution in [0.5, 0.6) is 0 Å². The second-order valence-electron chi connectivity index (χ2n) is 13.4. The highest BCUT2D eigenvalue weighted by atomic mass is 16.8. The molecule has 9 N–H and O–H groups in total. The average Bonchev–Trinajstić information content (AvgIpc) is 3.68. The van der Waals surface area contributed by atoms with Crippen LogP contribution in [0.15, 0.2) is 36.6 Å². The summed E-state index contributed by atoms with van der Waals surface area (Å²) in [5.41, 5.74) is -3.83. The Bertz CT molecular complexity index is 1240. The molecule has 48 heavy (non-hydrogen) atoms. The third-order valence-electron chi connectivity index (χ3n) is 9.86. The summed E-state index contributed by atoms with van der Waals surface area (Å²) in [5, 5.41) is 93.6. The lowest BCUT2D eigenvalue weighted by Gasteiger charge is -2.45. The first kappa shape index (κ1) is 37.2. The molecule has 0 aromatic rings. The van der Waals surface area contributed by atoms with E-state index >= 15 is 0 Å². The number of allylic oxidation sites excluding steroid dienone is 1. The van der Waals surface area contributed by atoms with Gasteiger partial charge in [0.15, 0.2) is 18.7 Å². The van der Waals surface area contributed by atoms with Crippen molar-refractivity contribution in [1.29, 1.82) is 0 Å². The molecule has 3 saturated heterocycles. The van der Waals surface area contributed by atoms with E-state index in [4.69, 9.17) is 33.2 Å². The van der Waals surface area contributed by atoms with Crippen molar-refractivity contribution in [1.82, 2.24) is 0 Å². The number of aliphatic hydroxyl groups excluding tert-OH is 7. The summed E-state index contributed by atoms with van der Waals surface area (Å²) >= 11 is 0. The van der Waals surface area contributed by atoms with Gasteiger partial charge in [-0.1, -0.05) is 12.2 Å². The second-order valence-corrected chi connectivity index (χ2v) is 13.4. The van der Waals surface area contributed by atoms with Gasteiger partial charge in [0.1, 0.15) is 66.1 Å². The third-order valence-corrected chi connectivity index (χ3v) is 9.86. The zero-order valence-electron chi connectivity index (χ0n) is 26.7. The summed E-state index contributed by atoms with van der Waals surface area (Å²) in [6.45, 7) is 7.10. The number of aliphatic hydroxyl groups is 9. The molecule has 4 heterocycles. The van der Waals surface area contributed by atoms with Crippen molar-refractivity contribution < 1.29 is 83.9 Å². The van der Waals surface area contributed by atoms with E-state index in [9.17, 15) is 50.8 Å². The van der Waals surface area contributed by atoms with Crippen LogP contribution in [0.1, 0.15) is 33.6 Å². The Morgan fingerprint density at radius 2 is 1.60 bits per heavy atom. The summed E-state index contributed by atoms with van der Waals surface area (Å²) in [5.74, 6) is -1.75. The van der Waals surface area contributed by atoms with Crippen LogP contribution in [0.4, 0.5) is 0 Å². The number of ether oxygens (including phenoxy) is 7. The Balaban J connectivity index is 1.25. The molecule has 4 fully saturated rings. The SMILES string of the molecule is C=CC(C)(O)CC/C=C(\C)C(=O)OC1C2OC2(C)C2C(OC3OC(COC4OC(CO)C(O)C(O)C4O)C(O)C(O)C3O)OC=CC12O. The Morgan fingerprint density at radius 1 is 0.979 bits per heavy atom. The number of carbonyl (C=O) groups excluding carboxylic acids is 1. The van der Waals surface area contributed by atoms with Crippen LogP contribution < -0.4 is 0 Å². The van der Waals surface area contributed by atoms with Gasteiger partial charge in [-0.2, -0.15) is 0 Å². The van der Waals surface area contributed by atoms with Crippen LogP contribution in [-0.2, 0) is 38.0 Å². The number of epoxide rings is 1. The van der Waals surface area contributed by atoms with E-state index < -0.39 is 122 Å². The van der Waals surface area contributed by atoms with Crippen molar-refractivity contribution in [2.75, 3.05) is 13.2 Å². The highest BCUT2D eigenvalue weighted by Gasteiger charge is 2.81. The van der Waals surface area contributed by atoms with Gasteiger partial charge in [0.05, 0.1) is 31.0 Å². The van der Waals surface area contributed by atoms with Crippen molar-refractivity contribution in [2.24, 2.45) is 5.92 Å². The largest absolute Gasteiger partial charge is 0.472 e. The molecule has 0 spiro atoms. The zero-order valence-corrected chi connectivity index (χ0v) is 26.7. The maximum absolute atomic E-state index is 13.0. The van der Waals surface area contributed by atoms with Gasteiger partial charge in [0, 0.05) is 5.57 Å². The smallest absolute Gasteiger partial charge is 0.333 e. The summed E-state index contributed by atoms with van der Waals surface area (Å²) in [6, 6.07) is 0. The first-order valence-electron chi connectivity index (χ1n) is 15.7. The number of rotatable bonds is 12. The Hall–Kier alpha value is -2.07. The Morgan fingerprint density at radius 3 is 2.25 bits per heavy atom. The lowest BCUT2D eigenvalue weighted by molar-refractivity contribution is -0.359. The summed E-state index contributed by atoms with van der Waals surface area (Å²) in [6.07, 6.45) is -13.5. The molecule has 0 aromatic heterocycles. The van der Waals surface area contributed by atoms with E-state index in [1.165, 1.54) is 12.2 Å².